The third-order valence-electron chi connectivity index (χ3n) is 4.84. The van der Waals surface area contributed by atoms with E-state index in [1.807, 2.05) is 35.0 Å². The Morgan fingerprint density at radius 1 is 1.08 bits per heavy atom. The second-order valence-electron chi connectivity index (χ2n) is 6.67. The molecule has 3 aromatic rings. The van der Waals surface area contributed by atoms with Crippen molar-refractivity contribution in [3.8, 4) is 11.4 Å². The minimum atomic E-state index is -0.465. The van der Waals surface area contributed by atoms with Gasteiger partial charge in [0.05, 0.1) is 24.0 Å². The highest BCUT2D eigenvalue weighted by atomic mass is 16.5. The van der Waals surface area contributed by atoms with Gasteiger partial charge in [-0.1, -0.05) is 37.3 Å². The van der Waals surface area contributed by atoms with E-state index >= 15 is 0 Å². The van der Waals surface area contributed by atoms with E-state index in [1.165, 1.54) is 0 Å². The zero-order valence-corrected chi connectivity index (χ0v) is 15.9. The van der Waals surface area contributed by atoms with Crippen LogP contribution < -0.4 is 10.1 Å². The number of nitrogens with zero attached hydrogens (tertiary/aromatic N) is 4. The minimum absolute atomic E-state index is 0.465. The maximum Gasteiger partial charge on any atom is 0.181 e. The average Bonchev–Trinajstić information content (AvgIpc) is 3.12. The van der Waals surface area contributed by atoms with E-state index in [-0.39, 0.29) is 0 Å². The van der Waals surface area contributed by atoms with Crippen molar-refractivity contribution in [3.05, 3.63) is 59.4 Å². The number of aryl methyl sites for hydroxylation is 2. The normalized spacial score (nSPS) is 13.3. The van der Waals surface area contributed by atoms with Gasteiger partial charge in [0.25, 0.3) is 0 Å². The Morgan fingerprint density at radius 2 is 1.77 bits per heavy atom. The van der Waals surface area contributed by atoms with Crippen molar-refractivity contribution in [2.24, 2.45) is 0 Å². The summed E-state index contributed by atoms with van der Waals surface area (Å²) in [5, 5.41) is 16.2. The molecule has 0 saturated carbocycles. The summed E-state index contributed by atoms with van der Waals surface area (Å²) in [7, 11) is 1.67. The van der Waals surface area contributed by atoms with Crippen molar-refractivity contribution in [3.63, 3.8) is 0 Å². The van der Waals surface area contributed by atoms with Gasteiger partial charge in [0.2, 0.25) is 0 Å². The van der Waals surface area contributed by atoms with Gasteiger partial charge in [-0.05, 0) is 60.9 Å². The van der Waals surface area contributed by atoms with E-state index in [0.717, 1.165) is 40.5 Å². The number of ether oxygens (including phenoxy) is 1. The second-order valence-corrected chi connectivity index (χ2v) is 6.67. The smallest absolute Gasteiger partial charge is 0.181 e. The van der Waals surface area contributed by atoms with Crippen LogP contribution in [-0.4, -0.2) is 27.3 Å². The molecule has 0 amide bonds. The molecule has 0 bridgehead atoms. The molecular formula is C20H25N5O. The van der Waals surface area contributed by atoms with Gasteiger partial charge in [-0.15, -0.1) is 5.10 Å². The summed E-state index contributed by atoms with van der Waals surface area (Å²) in [6.07, 6.45) is 0.802. The van der Waals surface area contributed by atoms with Gasteiger partial charge in [-0.25, -0.2) is 0 Å². The fourth-order valence-corrected chi connectivity index (χ4v) is 3.17. The van der Waals surface area contributed by atoms with Gasteiger partial charge < -0.3 is 10.1 Å². The first-order chi connectivity index (χ1) is 12.5. The second kappa shape index (κ2) is 7.15. The van der Waals surface area contributed by atoms with Crippen molar-refractivity contribution < 1.29 is 4.74 Å². The predicted octanol–water partition coefficient (Wildman–Crippen LogP) is 4.03. The van der Waals surface area contributed by atoms with Gasteiger partial charge in [0.15, 0.2) is 5.82 Å². The summed E-state index contributed by atoms with van der Waals surface area (Å²) in [5.41, 5.74) is 3.74. The van der Waals surface area contributed by atoms with Gasteiger partial charge in [0, 0.05) is 0 Å². The number of aromatic nitrogens is 4. The molecule has 0 aliphatic rings. The highest BCUT2D eigenvalue weighted by Gasteiger charge is 2.33. The largest absolute Gasteiger partial charge is 0.495 e. The maximum atomic E-state index is 5.49. The van der Waals surface area contributed by atoms with Crippen molar-refractivity contribution in [1.29, 1.82) is 0 Å². The summed E-state index contributed by atoms with van der Waals surface area (Å²) in [6, 6.07) is 14.1. The SMILES string of the molecule is CC[C@@](C)(Nc1ccccc1OC)c1nnnn1-c1c(C)cccc1C. The lowest BCUT2D eigenvalue weighted by atomic mass is 9.96. The molecule has 6 heteroatoms. The molecule has 0 aliphatic carbocycles. The average molecular weight is 351 g/mol. The molecule has 26 heavy (non-hydrogen) atoms. The number of anilines is 1. The number of hydrogen-bond acceptors (Lipinski definition) is 5. The Balaban J connectivity index is 2.08. The quantitative estimate of drug-likeness (QED) is 0.726. The number of para-hydroxylation sites is 3. The Hall–Kier alpha value is -2.89. The Labute approximate surface area is 154 Å². The number of nitrogens with one attached hydrogen (secondary N) is 1. The van der Waals surface area contributed by atoms with E-state index in [0.29, 0.717) is 0 Å². The summed E-state index contributed by atoms with van der Waals surface area (Å²) in [6.45, 7) is 8.37. The van der Waals surface area contributed by atoms with Gasteiger partial charge >= 0.3 is 0 Å². The maximum absolute atomic E-state index is 5.49. The van der Waals surface area contributed by atoms with Gasteiger partial charge in [-0.2, -0.15) is 4.68 Å². The van der Waals surface area contributed by atoms with Crippen LogP contribution in [-0.2, 0) is 5.54 Å². The summed E-state index contributed by atoms with van der Waals surface area (Å²) >= 11 is 0. The monoisotopic (exact) mass is 351 g/mol. The van der Waals surface area contributed by atoms with Gasteiger partial charge in [0.1, 0.15) is 5.75 Å². The van der Waals surface area contributed by atoms with Crippen LogP contribution in [0.5, 0.6) is 5.75 Å². The summed E-state index contributed by atoms with van der Waals surface area (Å²) in [4.78, 5) is 0. The Morgan fingerprint density at radius 3 is 2.42 bits per heavy atom. The zero-order valence-electron chi connectivity index (χ0n) is 15.9. The lowest BCUT2D eigenvalue weighted by molar-refractivity contribution is 0.411. The number of benzene rings is 2. The molecule has 0 spiro atoms. The molecule has 2 aromatic carbocycles. The third-order valence-corrected chi connectivity index (χ3v) is 4.84. The molecule has 136 valence electrons. The van der Waals surface area contributed by atoms with E-state index < -0.39 is 5.54 Å². The van der Waals surface area contributed by atoms with E-state index in [2.05, 4.69) is 60.7 Å². The molecule has 3 rings (SSSR count). The molecule has 0 saturated heterocycles. The van der Waals surface area contributed by atoms with Gasteiger partial charge in [-0.3, -0.25) is 0 Å². The third kappa shape index (κ3) is 3.14. The Bertz CT molecular complexity index is 884. The molecule has 1 atom stereocenters. The van der Waals surface area contributed by atoms with Crippen LogP contribution in [0, 0.1) is 13.8 Å². The van der Waals surface area contributed by atoms with Crippen molar-refractivity contribution in [2.75, 3.05) is 12.4 Å². The van der Waals surface area contributed by atoms with Crippen molar-refractivity contribution >= 4 is 5.69 Å². The number of methoxy groups -OCH3 is 1. The molecule has 0 radical (unpaired) electrons. The minimum Gasteiger partial charge on any atom is -0.495 e. The van der Waals surface area contributed by atoms with E-state index in [4.69, 9.17) is 4.74 Å². The van der Waals surface area contributed by atoms with Crippen LogP contribution in [0.15, 0.2) is 42.5 Å². The van der Waals surface area contributed by atoms with Crippen LogP contribution >= 0.6 is 0 Å². The molecule has 1 aromatic heterocycles. The van der Waals surface area contributed by atoms with Crippen molar-refractivity contribution in [2.45, 2.75) is 39.7 Å². The van der Waals surface area contributed by atoms with E-state index in [9.17, 15) is 0 Å². The van der Waals surface area contributed by atoms with Crippen LogP contribution in [0.4, 0.5) is 5.69 Å². The number of hydrogen-bond donors (Lipinski definition) is 1. The molecule has 6 nitrogen and oxygen atoms in total. The molecule has 0 fully saturated rings. The lowest BCUT2D eigenvalue weighted by Crippen LogP contribution is -2.35. The number of tetrazole rings is 1. The summed E-state index contributed by atoms with van der Waals surface area (Å²) < 4.78 is 7.33. The molecule has 1 heterocycles. The van der Waals surface area contributed by atoms with Crippen LogP contribution in [0.2, 0.25) is 0 Å². The highest BCUT2D eigenvalue weighted by molar-refractivity contribution is 5.58. The molecular weight excluding hydrogens is 326 g/mol. The van der Waals surface area contributed by atoms with Crippen LogP contribution in [0.25, 0.3) is 5.69 Å². The topological polar surface area (TPSA) is 64.9 Å². The Kier molecular flexibility index (Phi) is 4.93. The standard InChI is InChI=1S/C20H25N5O/c1-6-20(4,21-16-12-7-8-13-17(16)26-5)19-22-23-24-25(19)18-14(2)10-9-11-15(18)3/h7-13,21H,6H2,1-5H3/t20-/m1/s1. The zero-order chi connectivity index (χ0) is 18.7. The first-order valence-electron chi connectivity index (χ1n) is 8.77. The molecule has 1 N–H and O–H groups in total. The lowest BCUT2D eigenvalue weighted by Gasteiger charge is -2.30. The molecule has 0 aliphatic heterocycles. The van der Waals surface area contributed by atoms with E-state index in [1.54, 1.807) is 7.11 Å². The van der Waals surface area contributed by atoms with Crippen molar-refractivity contribution in [1.82, 2.24) is 20.2 Å². The fraction of sp³-hybridized carbons (Fsp3) is 0.350. The number of rotatable bonds is 6. The van der Waals surface area contributed by atoms with Crippen LogP contribution in [0.3, 0.4) is 0 Å². The first kappa shape index (κ1) is 17.9. The predicted molar refractivity (Wildman–Crippen MR) is 103 cm³/mol. The summed E-state index contributed by atoms with van der Waals surface area (Å²) in [5.74, 6) is 1.56. The van der Waals surface area contributed by atoms with Crippen LogP contribution in [0.1, 0.15) is 37.2 Å². The highest BCUT2D eigenvalue weighted by Crippen LogP contribution is 2.34. The fourth-order valence-electron chi connectivity index (χ4n) is 3.17. The first-order valence-corrected chi connectivity index (χ1v) is 8.77. The molecule has 0 unspecified atom stereocenters.